The molecule has 1 aromatic rings. The Balaban J connectivity index is 1.64. The molecule has 1 saturated heterocycles. The second-order valence-electron chi connectivity index (χ2n) is 7.29. The molecule has 5 heteroatoms. The third kappa shape index (κ3) is 8.04. The molecule has 1 aliphatic rings. The lowest BCUT2D eigenvalue weighted by Crippen LogP contribution is -2.38. The maximum atomic E-state index is 5.71. The standard InChI is InChI=1S/C22H36N4O/c1-4-17-27-21-10-6-5-9-20(21)18-25-22(23-3)24-13-7-8-14-26-15-11-19(2)12-16-26/h4-6,9-10,19H,1,7-8,11-18H2,2-3H3,(H2,23,24,25). The topological polar surface area (TPSA) is 48.9 Å². The normalized spacial score (nSPS) is 16.1. The third-order valence-corrected chi connectivity index (χ3v) is 5.07. The van der Waals surface area contributed by atoms with Crippen molar-refractivity contribution in [1.82, 2.24) is 15.5 Å². The van der Waals surface area contributed by atoms with E-state index in [-0.39, 0.29) is 0 Å². The molecule has 0 bridgehead atoms. The molecule has 0 amide bonds. The van der Waals surface area contributed by atoms with Gasteiger partial charge in [-0.15, -0.1) is 0 Å². The smallest absolute Gasteiger partial charge is 0.191 e. The van der Waals surface area contributed by atoms with Crippen LogP contribution in [0, 0.1) is 5.92 Å². The fourth-order valence-electron chi connectivity index (χ4n) is 3.29. The summed E-state index contributed by atoms with van der Waals surface area (Å²) in [6.07, 6.45) is 6.86. The predicted molar refractivity (Wildman–Crippen MR) is 114 cm³/mol. The number of guanidine groups is 1. The fourth-order valence-corrected chi connectivity index (χ4v) is 3.29. The quantitative estimate of drug-likeness (QED) is 0.286. The van der Waals surface area contributed by atoms with Crippen LogP contribution in [0.15, 0.2) is 41.9 Å². The van der Waals surface area contributed by atoms with Gasteiger partial charge in [-0.3, -0.25) is 4.99 Å². The van der Waals surface area contributed by atoms with Crippen molar-refractivity contribution in [2.75, 3.05) is 39.8 Å². The van der Waals surface area contributed by atoms with Crippen LogP contribution in [0.1, 0.15) is 38.2 Å². The molecular weight excluding hydrogens is 336 g/mol. The summed E-state index contributed by atoms with van der Waals surface area (Å²) in [5, 5.41) is 6.78. The van der Waals surface area contributed by atoms with E-state index in [9.17, 15) is 0 Å². The van der Waals surface area contributed by atoms with Gasteiger partial charge in [-0.1, -0.05) is 37.8 Å². The van der Waals surface area contributed by atoms with E-state index < -0.39 is 0 Å². The van der Waals surface area contributed by atoms with Crippen molar-refractivity contribution >= 4 is 5.96 Å². The molecule has 2 rings (SSSR count). The molecule has 0 radical (unpaired) electrons. The number of hydrogen-bond donors (Lipinski definition) is 2. The van der Waals surface area contributed by atoms with Crippen molar-refractivity contribution < 1.29 is 4.74 Å². The van der Waals surface area contributed by atoms with E-state index >= 15 is 0 Å². The largest absolute Gasteiger partial charge is 0.489 e. The Morgan fingerprint density at radius 3 is 2.78 bits per heavy atom. The maximum Gasteiger partial charge on any atom is 0.191 e. The Labute approximate surface area is 164 Å². The number of nitrogens with zero attached hydrogens (tertiary/aromatic N) is 2. The van der Waals surface area contributed by atoms with Crippen molar-refractivity contribution in [1.29, 1.82) is 0 Å². The van der Waals surface area contributed by atoms with Crippen molar-refractivity contribution in [2.45, 2.75) is 39.2 Å². The maximum absolute atomic E-state index is 5.71. The first kappa shape index (κ1) is 21.3. The van der Waals surface area contributed by atoms with Gasteiger partial charge >= 0.3 is 0 Å². The highest BCUT2D eigenvalue weighted by Gasteiger charge is 2.14. The second kappa shape index (κ2) is 12.4. The van der Waals surface area contributed by atoms with Gasteiger partial charge in [-0.05, 0) is 57.3 Å². The number of likely N-dealkylation sites (tertiary alicyclic amines) is 1. The molecule has 2 N–H and O–H groups in total. The van der Waals surface area contributed by atoms with Gasteiger partial charge in [0.05, 0.1) is 0 Å². The van der Waals surface area contributed by atoms with E-state index in [2.05, 4.69) is 40.1 Å². The van der Waals surface area contributed by atoms with Gasteiger partial charge in [-0.2, -0.15) is 0 Å². The second-order valence-corrected chi connectivity index (χ2v) is 7.29. The molecule has 1 aromatic carbocycles. The molecule has 1 aliphatic heterocycles. The van der Waals surface area contributed by atoms with Crippen LogP contribution in [0.4, 0.5) is 0 Å². The average Bonchev–Trinajstić information content (AvgIpc) is 2.70. The highest BCUT2D eigenvalue weighted by molar-refractivity contribution is 5.79. The number of hydrogen-bond acceptors (Lipinski definition) is 3. The molecule has 27 heavy (non-hydrogen) atoms. The number of benzene rings is 1. The van der Waals surface area contributed by atoms with Crippen LogP contribution in [0.5, 0.6) is 5.75 Å². The summed E-state index contributed by atoms with van der Waals surface area (Å²) in [6, 6.07) is 8.06. The first-order valence-corrected chi connectivity index (χ1v) is 10.2. The molecule has 1 heterocycles. The van der Waals surface area contributed by atoms with Crippen LogP contribution in [0.25, 0.3) is 0 Å². The Hall–Kier alpha value is -2.01. The first-order chi connectivity index (χ1) is 13.2. The summed E-state index contributed by atoms with van der Waals surface area (Å²) >= 11 is 0. The molecule has 150 valence electrons. The lowest BCUT2D eigenvalue weighted by molar-refractivity contribution is 0.189. The number of rotatable bonds is 10. The molecule has 0 saturated carbocycles. The van der Waals surface area contributed by atoms with Gasteiger partial charge in [0.25, 0.3) is 0 Å². The zero-order valence-electron chi connectivity index (χ0n) is 17.0. The summed E-state index contributed by atoms with van der Waals surface area (Å²) in [5.74, 6) is 2.63. The molecule has 0 aliphatic carbocycles. The van der Waals surface area contributed by atoms with Crippen LogP contribution in [-0.4, -0.2) is 50.7 Å². The molecule has 0 atom stereocenters. The summed E-state index contributed by atoms with van der Waals surface area (Å²) in [5.41, 5.74) is 1.11. The minimum absolute atomic E-state index is 0.514. The summed E-state index contributed by atoms with van der Waals surface area (Å²) < 4.78 is 5.71. The molecule has 0 aromatic heterocycles. The number of piperidine rings is 1. The number of unbranched alkanes of at least 4 members (excludes halogenated alkanes) is 1. The Bertz CT molecular complexity index is 579. The summed E-state index contributed by atoms with van der Waals surface area (Å²) in [6.45, 7) is 12.0. The highest BCUT2D eigenvalue weighted by Crippen LogP contribution is 2.18. The Morgan fingerprint density at radius 2 is 2.04 bits per heavy atom. The van der Waals surface area contributed by atoms with E-state index in [0.717, 1.165) is 36.2 Å². The number of para-hydroxylation sites is 1. The number of aliphatic imine (C=N–C) groups is 1. The van der Waals surface area contributed by atoms with Crippen LogP contribution < -0.4 is 15.4 Å². The van der Waals surface area contributed by atoms with Crippen LogP contribution in [0.2, 0.25) is 0 Å². The van der Waals surface area contributed by atoms with Crippen molar-refractivity contribution in [2.24, 2.45) is 10.9 Å². The van der Waals surface area contributed by atoms with E-state index in [4.69, 9.17) is 4.74 Å². The first-order valence-electron chi connectivity index (χ1n) is 10.2. The third-order valence-electron chi connectivity index (χ3n) is 5.07. The molecule has 0 unspecified atom stereocenters. The van der Waals surface area contributed by atoms with Crippen molar-refractivity contribution in [3.63, 3.8) is 0 Å². The Kier molecular flexibility index (Phi) is 9.77. The van der Waals surface area contributed by atoms with Gasteiger partial charge in [0.2, 0.25) is 0 Å². The lowest BCUT2D eigenvalue weighted by Gasteiger charge is -2.30. The van der Waals surface area contributed by atoms with Crippen molar-refractivity contribution in [3.8, 4) is 5.75 Å². The summed E-state index contributed by atoms with van der Waals surface area (Å²) in [4.78, 5) is 6.92. The number of nitrogens with one attached hydrogen (secondary N) is 2. The summed E-state index contributed by atoms with van der Waals surface area (Å²) in [7, 11) is 1.81. The van der Waals surface area contributed by atoms with E-state index in [0.29, 0.717) is 13.2 Å². The average molecular weight is 373 g/mol. The predicted octanol–water partition coefficient (Wildman–Crippen LogP) is 3.43. The van der Waals surface area contributed by atoms with E-state index in [1.807, 2.05) is 25.2 Å². The lowest BCUT2D eigenvalue weighted by atomic mass is 9.99. The minimum atomic E-state index is 0.514. The van der Waals surface area contributed by atoms with E-state index in [1.165, 1.54) is 38.9 Å². The zero-order chi connectivity index (χ0) is 19.3. The Morgan fingerprint density at radius 1 is 1.26 bits per heavy atom. The fraction of sp³-hybridized carbons (Fsp3) is 0.591. The van der Waals surface area contributed by atoms with Gasteiger partial charge in [0.1, 0.15) is 12.4 Å². The van der Waals surface area contributed by atoms with Gasteiger partial charge in [-0.25, -0.2) is 0 Å². The van der Waals surface area contributed by atoms with Crippen LogP contribution in [0.3, 0.4) is 0 Å². The van der Waals surface area contributed by atoms with Crippen molar-refractivity contribution in [3.05, 3.63) is 42.5 Å². The van der Waals surface area contributed by atoms with Gasteiger partial charge in [0, 0.05) is 25.7 Å². The molecular formula is C22H36N4O. The monoisotopic (exact) mass is 372 g/mol. The highest BCUT2D eigenvalue weighted by atomic mass is 16.5. The van der Waals surface area contributed by atoms with Crippen LogP contribution in [-0.2, 0) is 6.54 Å². The minimum Gasteiger partial charge on any atom is -0.489 e. The molecule has 5 nitrogen and oxygen atoms in total. The SMILES string of the molecule is C=CCOc1ccccc1CNC(=NC)NCCCCN1CCC(C)CC1. The zero-order valence-corrected chi connectivity index (χ0v) is 17.0. The van der Waals surface area contributed by atoms with Gasteiger partial charge < -0.3 is 20.3 Å². The molecule has 1 fully saturated rings. The van der Waals surface area contributed by atoms with Crippen LogP contribution >= 0.6 is 0 Å². The number of ether oxygens (including phenoxy) is 1. The molecule has 0 spiro atoms. The van der Waals surface area contributed by atoms with Gasteiger partial charge in [0.15, 0.2) is 5.96 Å². The van der Waals surface area contributed by atoms with E-state index in [1.54, 1.807) is 6.08 Å².